The van der Waals surface area contributed by atoms with Crippen LogP contribution in [0, 0.1) is 10.1 Å². The molecule has 1 aromatic rings. The monoisotopic (exact) mass is 310 g/mol. The largest absolute Gasteiger partial charge is 0.405 e. The van der Waals surface area contributed by atoms with E-state index >= 15 is 0 Å². The summed E-state index contributed by atoms with van der Waals surface area (Å²) in [6.07, 6.45) is -4.49. The molecular formula is C11H13F3N2O3S. The van der Waals surface area contributed by atoms with Crippen LogP contribution in [0.5, 0.6) is 0 Å². The summed E-state index contributed by atoms with van der Waals surface area (Å²) < 4.78 is 37.7. The predicted octanol–water partition coefficient (Wildman–Crippen LogP) is 3.64. The van der Waals surface area contributed by atoms with Gasteiger partial charge >= 0.3 is 11.9 Å². The van der Waals surface area contributed by atoms with Crippen molar-refractivity contribution in [3.8, 4) is 0 Å². The standard InChI is InChI=1S/C11H13F3N2O3S/c1-6(2)15(5-11(12,13)14)10-8(16(18)19)4-9(20-10)7(3)17/h4,6H,5H2,1-3H3. The number of hydrogen-bond donors (Lipinski definition) is 0. The second kappa shape index (κ2) is 5.78. The van der Waals surface area contributed by atoms with Gasteiger partial charge in [0.15, 0.2) is 10.8 Å². The van der Waals surface area contributed by atoms with E-state index < -0.39 is 35.2 Å². The zero-order valence-electron chi connectivity index (χ0n) is 11.0. The first-order valence-electron chi connectivity index (χ1n) is 5.65. The van der Waals surface area contributed by atoms with Crippen LogP contribution < -0.4 is 4.90 Å². The van der Waals surface area contributed by atoms with Gasteiger partial charge in [0, 0.05) is 12.1 Å². The lowest BCUT2D eigenvalue weighted by Crippen LogP contribution is -2.38. The zero-order chi connectivity index (χ0) is 15.7. The van der Waals surface area contributed by atoms with E-state index in [4.69, 9.17) is 0 Å². The van der Waals surface area contributed by atoms with Crippen LogP contribution in [-0.2, 0) is 0 Å². The minimum Gasteiger partial charge on any atom is -0.346 e. The van der Waals surface area contributed by atoms with E-state index in [1.165, 1.54) is 20.8 Å². The fraction of sp³-hybridized carbons (Fsp3) is 0.545. The van der Waals surface area contributed by atoms with Gasteiger partial charge in [-0.2, -0.15) is 13.2 Å². The van der Waals surface area contributed by atoms with E-state index in [2.05, 4.69) is 0 Å². The predicted molar refractivity (Wildman–Crippen MR) is 69.5 cm³/mol. The topological polar surface area (TPSA) is 63.4 Å². The van der Waals surface area contributed by atoms with Gasteiger partial charge in [-0.15, -0.1) is 11.3 Å². The van der Waals surface area contributed by atoms with Crippen LogP contribution in [0.25, 0.3) is 0 Å². The van der Waals surface area contributed by atoms with Gasteiger partial charge in [0.1, 0.15) is 6.54 Å². The van der Waals surface area contributed by atoms with Crippen molar-refractivity contribution in [1.82, 2.24) is 0 Å². The maximum atomic E-state index is 12.6. The Bertz CT molecular complexity index is 525. The summed E-state index contributed by atoms with van der Waals surface area (Å²) in [6.45, 7) is 2.91. The molecular weight excluding hydrogens is 297 g/mol. The molecule has 0 saturated heterocycles. The maximum absolute atomic E-state index is 12.6. The first kappa shape index (κ1) is 16.4. The number of halogens is 3. The van der Waals surface area contributed by atoms with Crippen molar-refractivity contribution in [2.45, 2.75) is 33.0 Å². The van der Waals surface area contributed by atoms with E-state index in [9.17, 15) is 28.1 Å². The van der Waals surface area contributed by atoms with Crippen molar-refractivity contribution >= 4 is 27.8 Å². The summed E-state index contributed by atoms with van der Waals surface area (Å²) in [5.74, 6) is -0.417. The number of alkyl halides is 3. The molecule has 1 aromatic heterocycles. The number of thiophene rings is 1. The van der Waals surface area contributed by atoms with Crippen LogP contribution in [0.15, 0.2) is 6.07 Å². The normalized spacial score (nSPS) is 11.8. The van der Waals surface area contributed by atoms with E-state index in [1.807, 2.05) is 0 Å². The van der Waals surface area contributed by atoms with Crippen LogP contribution in [-0.4, -0.2) is 29.5 Å². The molecule has 0 radical (unpaired) electrons. The average Bonchev–Trinajstić information content (AvgIpc) is 2.68. The molecule has 0 atom stereocenters. The molecule has 1 heterocycles. The van der Waals surface area contributed by atoms with Crippen molar-refractivity contribution < 1.29 is 22.9 Å². The summed E-state index contributed by atoms with van der Waals surface area (Å²) in [4.78, 5) is 22.4. The molecule has 0 bridgehead atoms. The summed E-state index contributed by atoms with van der Waals surface area (Å²) in [6, 6.07) is 0.433. The minimum atomic E-state index is -4.49. The van der Waals surface area contributed by atoms with Gasteiger partial charge in [0.05, 0.1) is 9.80 Å². The Balaban J connectivity index is 3.31. The summed E-state index contributed by atoms with van der Waals surface area (Å²) in [7, 11) is 0. The SMILES string of the molecule is CC(=O)c1cc([N+](=O)[O-])c(N(CC(F)(F)F)C(C)C)s1. The van der Waals surface area contributed by atoms with Crippen LogP contribution >= 0.6 is 11.3 Å². The Hall–Kier alpha value is -1.64. The quantitative estimate of drug-likeness (QED) is 0.473. The second-order valence-corrected chi connectivity index (χ2v) is 5.48. The lowest BCUT2D eigenvalue weighted by Gasteiger charge is -2.27. The molecule has 0 aliphatic rings. The number of Topliss-reactive ketones (excluding diaryl/α,β-unsaturated/α-hetero) is 1. The summed E-state index contributed by atoms with van der Waals surface area (Å²) in [5.41, 5.74) is -0.474. The van der Waals surface area contributed by atoms with Crippen LogP contribution in [0.3, 0.4) is 0 Å². The van der Waals surface area contributed by atoms with E-state index in [0.717, 1.165) is 11.0 Å². The molecule has 0 N–H and O–H groups in total. The van der Waals surface area contributed by atoms with Gasteiger partial charge in [-0.05, 0) is 20.8 Å². The van der Waals surface area contributed by atoms with Crippen LogP contribution in [0.4, 0.5) is 23.9 Å². The average molecular weight is 310 g/mol. The highest BCUT2D eigenvalue weighted by Gasteiger charge is 2.36. The lowest BCUT2D eigenvalue weighted by molar-refractivity contribution is -0.383. The third kappa shape index (κ3) is 3.92. The number of anilines is 1. The molecule has 0 aliphatic carbocycles. The summed E-state index contributed by atoms with van der Waals surface area (Å²) >= 11 is 0.708. The highest BCUT2D eigenvalue weighted by molar-refractivity contribution is 7.18. The number of nitrogens with zero attached hydrogens (tertiary/aromatic N) is 2. The lowest BCUT2D eigenvalue weighted by atomic mass is 10.3. The Morgan fingerprint density at radius 2 is 2.05 bits per heavy atom. The second-order valence-electron chi connectivity index (χ2n) is 4.45. The zero-order valence-corrected chi connectivity index (χ0v) is 11.8. The van der Waals surface area contributed by atoms with Gasteiger partial charge in [0.2, 0.25) is 0 Å². The highest BCUT2D eigenvalue weighted by atomic mass is 32.1. The first-order valence-corrected chi connectivity index (χ1v) is 6.47. The van der Waals surface area contributed by atoms with E-state index in [-0.39, 0.29) is 9.88 Å². The van der Waals surface area contributed by atoms with Gasteiger partial charge in [-0.3, -0.25) is 14.9 Å². The number of carbonyl (C=O) groups is 1. The molecule has 1 rings (SSSR count). The maximum Gasteiger partial charge on any atom is 0.405 e. The van der Waals surface area contributed by atoms with Gasteiger partial charge in [-0.25, -0.2) is 0 Å². The van der Waals surface area contributed by atoms with Crippen LogP contribution in [0.2, 0.25) is 0 Å². The number of nitro groups is 1. The molecule has 0 amide bonds. The minimum absolute atomic E-state index is 0.0690. The molecule has 5 nitrogen and oxygen atoms in total. The molecule has 0 unspecified atom stereocenters. The van der Waals surface area contributed by atoms with Crippen molar-refractivity contribution in [3.63, 3.8) is 0 Å². The van der Waals surface area contributed by atoms with Crippen molar-refractivity contribution in [2.24, 2.45) is 0 Å². The van der Waals surface area contributed by atoms with Crippen molar-refractivity contribution in [2.75, 3.05) is 11.4 Å². The molecule has 0 spiro atoms. The van der Waals surface area contributed by atoms with Crippen LogP contribution in [0.1, 0.15) is 30.4 Å². The molecule has 0 aliphatic heterocycles. The van der Waals surface area contributed by atoms with Crippen molar-refractivity contribution in [3.05, 3.63) is 21.1 Å². The molecule has 0 fully saturated rings. The van der Waals surface area contributed by atoms with Gasteiger partial charge in [-0.1, -0.05) is 0 Å². The molecule has 112 valence electrons. The number of rotatable bonds is 5. The smallest absolute Gasteiger partial charge is 0.346 e. The van der Waals surface area contributed by atoms with Gasteiger partial charge in [0.25, 0.3) is 0 Å². The third-order valence-corrected chi connectivity index (χ3v) is 3.73. The van der Waals surface area contributed by atoms with E-state index in [0.29, 0.717) is 11.3 Å². The van der Waals surface area contributed by atoms with E-state index in [1.54, 1.807) is 0 Å². The molecule has 20 heavy (non-hydrogen) atoms. The highest BCUT2D eigenvalue weighted by Crippen LogP contribution is 2.40. The van der Waals surface area contributed by atoms with Crippen molar-refractivity contribution in [1.29, 1.82) is 0 Å². The summed E-state index contributed by atoms with van der Waals surface area (Å²) in [5, 5.41) is 10.8. The number of carbonyl (C=O) groups excluding carboxylic acids is 1. The molecule has 0 saturated carbocycles. The fourth-order valence-corrected chi connectivity index (χ4v) is 2.72. The Kier molecular flexibility index (Phi) is 4.74. The Morgan fingerprint density at radius 1 is 1.50 bits per heavy atom. The number of hydrogen-bond acceptors (Lipinski definition) is 5. The van der Waals surface area contributed by atoms with Gasteiger partial charge < -0.3 is 4.90 Å². The third-order valence-electron chi connectivity index (χ3n) is 2.47. The first-order chi connectivity index (χ1) is 9.03. The molecule has 9 heteroatoms. The molecule has 0 aromatic carbocycles. The number of ketones is 1. The fourth-order valence-electron chi connectivity index (χ4n) is 1.56. The Labute approximate surface area is 117 Å². The Morgan fingerprint density at radius 3 is 2.40 bits per heavy atom.